The average Bonchev–Trinajstić information content (AvgIpc) is 2.55. The van der Waals surface area contributed by atoms with E-state index < -0.39 is 11.6 Å². The Labute approximate surface area is 147 Å². The Balaban J connectivity index is 1.36. The summed E-state index contributed by atoms with van der Waals surface area (Å²) in [5, 5.41) is 22.0. The molecule has 0 unspecified atom stereocenters. The summed E-state index contributed by atoms with van der Waals surface area (Å²) in [7, 11) is 0. The van der Waals surface area contributed by atoms with Crippen LogP contribution in [0.3, 0.4) is 0 Å². The van der Waals surface area contributed by atoms with Gasteiger partial charge in [-0.15, -0.1) is 0 Å². The van der Waals surface area contributed by atoms with Crippen LogP contribution in [0.2, 0.25) is 0 Å². The Bertz CT molecular complexity index is 656. The minimum atomic E-state index is -1.25. The van der Waals surface area contributed by atoms with Crippen molar-refractivity contribution in [3.63, 3.8) is 0 Å². The summed E-state index contributed by atoms with van der Waals surface area (Å²) in [5.74, 6) is -0.0603. The van der Waals surface area contributed by atoms with Gasteiger partial charge in [0.05, 0.1) is 19.5 Å². The predicted molar refractivity (Wildman–Crippen MR) is 92.4 cm³/mol. The van der Waals surface area contributed by atoms with Gasteiger partial charge in [0.1, 0.15) is 11.4 Å². The lowest BCUT2D eigenvalue weighted by molar-refractivity contribution is -0.165. The molecule has 3 heterocycles. The number of carboxylic acid groups (broad SMARTS) is 1. The molecule has 3 rings (SSSR count). The maximum atomic E-state index is 12.0. The number of likely N-dealkylation sites (tertiary alicyclic amines) is 1. The number of aryl methyl sites for hydroxylation is 2. The number of aliphatic hydroxyl groups is 1. The summed E-state index contributed by atoms with van der Waals surface area (Å²) in [6.07, 6.45) is 4.82. The number of aromatic nitrogens is 1. The lowest BCUT2D eigenvalue weighted by Gasteiger charge is -2.45. The Morgan fingerprint density at radius 2 is 2.08 bits per heavy atom. The highest BCUT2D eigenvalue weighted by Gasteiger charge is 2.44. The molecule has 0 aromatic carbocycles. The van der Waals surface area contributed by atoms with Crippen molar-refractivity contribution in [3.8, 4) is 0 Å². The molecule has 2 aliphatic rings. The number of carbonyl (C=O) groups excluding carboxylic acids is 1. The third kappa shape index (κ3) is 4.48. The van der Waals surface area contributed by atoms with Gasteiger partial charge in [-0.1, -0.05) is 6.07 Å². The largest absolute Gasteiger partial charge is 0.481 e. The Morgan fingerprint density at radius 3 is 2.84 bits per heavy atom. The first-order chi connectivity index (χ1) is 12.0. The van der Waals surface area contributed by atoms with E-state index in [1.54, 1.807) is 0 Å². The van der Waals surface area contributed by atoms with Gasteiger partial charge in [-0.2, -0.15) is 0 Å². The number of amides is 1. The summed E-state index contributed by atoms with van der Waals surface area (Å²) >= 11 is 0. The maximum Gasteiger partial charge on any atom is 0.306 e. The number of carboxylic acids is 1. The molecule has 1 saturated heterocycles. The summed E-state index contributed by atoms with van der Waals surface area (Å²) in [5.41, 5.74) is 1.07. The SMILES string of the molecule is O=C(O)CC1(O)CN(C(=O)CCCCc2ccc3c(n2)NCCC3)C1. The first-order valence-electron chi connectivity index (χ1n) is 8.90. The van der Waals surface area contributed by atoms with Gasteiger partial charge in [0.2, 0.25) is 5.91 Å². The number of aliphatic carboxylic acids is 1. The van der Waals surface area contributed by atoms with Crippen LogP contribution in [-0.4, -0.2) is 57.2 Å². The highest BCUT2D eigenvalue weighted by atomic mass is 16.4. The van der Waals surface area contributed by atoms with E-state index in [9.17, 15) is 14.7 Å². The molecular formula is C18H25N3O4. The van der Waals surface area contributed by atoms with Crippen molar-refractivity contribution >= 4 is 17.7 Å². The monoisotopic (exact) mass is 347 g/mol. The Hall–Kier alpha value is -2.15. The predicted octanol–water partition coefficient (Wildman–Crippen LogP) is 1.20. The molecule has 0 spiro atoms. The molecule has 0 saturated carbocycles. The molecule has 1 amide bonds. The standard InChI is InChI=1S/C18H25N3O4/c22-15(21-11-18(25,12-21)10-16(23)24)6-2-1-5-14-8-7-13-4-3-9-19-17(13)20-14/h7-8,25H,1-6,9-12H2,(H,19,20)(H,23,24). The molecule has 0 atom stereocenters. The van der Waals surface area contributed by atoms with Gasteiger partial charge in [0.15, 0.2) is 0 Å². The van der Waals surface area contributed by atoms with Crippen LogP contribution in [0.25, 0.3) is 0 Å². The number of hydrogen-bond donors (Lipinski definition) is 3. The van der Waals surface area contributed by atoms with E-state index in [0.717, 1.165) is 50.2 Å². The maximum absolute atomic E-state index is 12.0. The number of carbonyl (C=O) groups is 2. The van der Waals surface area contributed by atoms with Crippen molar-refractivity contribution in [2.75, 3.05) is 25.0 Å². The van der Waals surface area contributed by atoms with Gasteiger partial charge in [0, 0.05) is 18.7 Å². The number of unbranched alkanes of at least 4 members (excludes halogenated alkanes) is 1. The molecule has 7 nitrogen and oxygen atoms in total. The molecule has 136 valence electrons. The molecular weight excluding hydrogens is 322 g/mol. The van der Waals surface area contributed by atoms with Crippen molar-refractivity contribution in [1.29, 1.82) is 0 Å². The molecule has 0 aliphatic carbocycles. The number of fused-ring (bicyclic) bond motifs is 1. The number of anilines is 1. The molecule has 2 aliphatic heterocycles. The van der Waals surface area contributed by atoms with Gasteiger partial charge in [0.25, 0.3) is 0 Å². The molecule has 25 heavy (non-hydrogen) atoms. The van der Waals surface area contributed by atoms with E-state index in [1.807, 2.05) is 0 Å². The summed E-state index contributed by atoms with van der Waals surface area (Å²) < 4.78 is 0. The van der Waals surface area contributed by atoms with Crippen molar-refractivity contribution < 1.29 is 19.8 Å². The summed E-state index contributed by atoms with van der Waals surface area (Å²) in [6, 6.07) is 4.20. The second kappa shape index (κ2) is 7.39. The van der Waals surface area contributed by atoms with E-state index in [4.69, 9.17) is 5.11 Å². The van der Waals surface area contributed by atoms with Crippen LogP contribution in [-0.2, 0) is 22.4 Å². The fourth-order valence-corrected chi connectivity index (χ4v) is 3.48. The Kier molecular flexibility index (Phi) is 5.22. The summed E-state index contributed by atoms with van der Waals surface area (Å²) in [6.45, 7) is 1.22. The van der Waals surface area contributed by atoms with Crippen LogP contribution >= 0.6 is 0 Å². The van der Waals surface area contributed by atoms with Crippen molar-refractivity contribution in [1.82, 2.24) is 9.88 Å². The van der Waals surface area contributed by atoms with E-state index >= 15 is 0 Å². The normalized spacial score (nSPS) is 18.0. The zero-order chi connectivity index (χ0) is 17.9. The lowest BCUT2D eigenvalue weighted by Crippen LogP contribution is -2.64. The van der Waals surface area contributed by atoms with Gasteiger partial charge < -0.3 is 20.4 Å². The van der Waals surface area contributed by atoms with Crippen molar-refractivity contribution in [2.24, 2.45) is 0 Å². The molecule has 7 heteroatoms. The molecule has 0 bridgehead atoms. The van der Waals surface area contributed by atoms with Crippen LogP contribution in [0, 0.1) is 0 Å². The molecule has 1 fully saturated rings. The number of rotatable bonds is 7. The number of hydrogen-bond acceptors (Lipinski definition) is 5. The number of pyridine rings is 1. The first-order valence-corrected chi connectivity index (χ1v) is 8.90. The molecule has 3 N–H and O–H groups in total. The van der Waals surface area contributed by atoms with Crippen LogP contribution in [0.1, 0.15) is 43.4 Å². The first kappa shape index (κ1) is 17.7. The number of β-amino-alcohol motifs (C(OH)–C–C–N with tert-alkyl or cyclic N) is 1. The third-order valence-electron chi connectivity index (χ3n) is 4.83. The van der Waals surface area contributed by atoms with E-state index in [-0.39, 0.29) is 25.4 Å². The van der Waals surface area contributed by atoms with Crippen molar-refractivity contribution in [2.45, 2.75) is 50.5 Å². The van der Waals surface area contributed by atoms with E-state index in [2.05, 4.69) is 22.4 Å². The second-order valence-electron chi connectivity index (χ2n) is 7.09. The zero-order valence-corrected chi connectivity index (χ0v) is 14.3. The number of nitrogens with one attached hydrogen (secondary N) is 1. The van der Waals surface area contributed by atoms with Crippen molar-refractivity contribution in [3.05, 3.63) is 23.4 Å². The molecule has 0 radical (unpaired) electrons. The lowest BCUT2D eigenvalue weighted by atomic mass is 9.90. The Morgan fingerprint density at radius 1 is 1.28 bits per heavy atom. The minimum Gasteiger partial charge on any atom is -0.481 e. The fraction of sp³-hybridized carbons (Fsp3) is 0.611. The van der Waals surface area contributed by atoms with Crippen LogP contribution in [0.15, 0.2) is 12.1 Å². The smallest absolute Gasteiger partial charge is 0.306 e. The van der Waals surface area contributed by atoms with E-state index in [1.165, 1.54) is 10.5 Å². The average molecular weight is 347 g/mol. The van der Waals surface area contributed by atoms with Crippen LogP contribution in [0.5, 0.6) is 0 Å². The quantitative estimate of drug-likeness (QED) is 0.641. The highest BCUT2D eigenvalue weighted by Crippen LogP contribution is 2.25. The van der Waals surface area contributed by atoms with Gasteiger partial charge in [-0.25, -0.2) is 4.98 Å². The van der Waals surface area contributed by atoms with Crippen LogP contribution < -0.4 is 5.32 Å². The van der Waals surface area contributed by atoms with Crippen LogP contribution in [0.4, 0.5) is 5.82 Å². The zero-order valence-electron chi connectivity index (χ0n) is 14.3. The van der Waals surface area contributed by atoms with Gasteiger partial charge in [-0.05, 0) is 43.7 Å². The number of nitrogens with zero attached hydrogens (tertiary/aromatic N) is 2. The molecule has 1 aromatic heterocycles. The summed E-state index contributed by atoms with van der Waals surface area (Å²) in [4.78, 5) is 28.9. The second-order valence-corrected chi connectivity index (χ2v) is 7.09. The topological polar surface area (TPSA) is 103 Å². The highest BCUT2D eigenvalue weighted by molar-refractivity contribution is 5.78. The van der Waals surface area contributed by atoms with E-state index in [0.29, 0.717) is 6.42 Å². The van der Waals surface area contributed by atoms with Gasteiger partial charge in [-0.3, -0.25) is 9.59 Å². The fourth-order valence-electron chi connectivity index (χ4n) is 3.48. The minimum absolute atomic E-state index is 0.0184. The van der Waals surface area contributed by atoms with Gasteiger partial charge >= 0.3 is 5.97 Å². The molecule has 1 aromatic rings. The third-order valence-corrected chi connectivity index (χ3v) is 4.83.